The van der Waals surface area contributed by atoms with Gasteiger partial charge in [-0.25, -0.2) is 0 Å². The van der Waals surface area contributed by atoms with Crippen LogP contribution in [0, 0.1) is 13.8 Å². The lowest BCUT2D eigenvalue weighted by Gasteiger charge is -2.14. The van der Waals surface area contributed by atoms with Crippen LogP contribution in [0.2, 0.25) is 0 Å². The molecule has 29 heavy (non-hydrogen) atoms. The first-order valence-electron chi connectivity index (χ1n) is 9.05. The Morgan fingerprint density at radius 3 is 2.17 bits per heavy atom. The van der Waals surface area contributed by atoms with E-state index in [1.54, 1.807) is 16.8 Å². The first-order valence-corrected chi connectivity index (χ1v) is 9.05. The molecule has 1 heterocycles. The molecule has 1 aromatic carbocycles. The Kier molecular flexibility index (Phi) is 7.46. The number of nitrogens with zero attached hydrogens (tertiary/aromatic N) is 2. The quantitative estimate of drug-likeness (QED) is 0.638. The maximum Gasteiger partial charge on any atom is 0.306 e. The Morgan fingerprint density at radius 1 is 1.07 bits per heavy atom. The number of aryl methyl sites for hydroxylation is 2. The van der Waals surface area contributed by atoms with Crippen LogP contribution in [0.5, 0.6) is 17.2 Å². The van der Waals surface area contributed by atoms with Crippen molar-refractivity contribution in [1.82, 2.24) is 9.78 Å². The molecule has 0 aliphatic carbocycles. The summed E-state index contributed by atoms with van der Waals surface area (Å²) in [5.74, 6) is 0.303. The van der Waals surface area contributed by atoms with Crippen LogP contribution in [0.3, 0.4) is 0 Å². The number of anilines is 1. The second-order valence-corrected chi connectivity index (χ2v) is 6.40. The smallest absolute Gasteiger partial charge is 0.306 e. The Labute approximate surface area is 169 Å². The Balaban J connectivity index is 1.90. The van der Waals surface area contributed by atoms with Crippen molar-refractivity contribution in [3.05, 3.63) is 29.1 Å². The fourth-order valence-electron chi connectivity index (χ4n) is 2.97. The van der Waals surface area contributed by atoms with Gasteiger partial charge < -0.3 is 24.3 Å². The molecule has 1 amide bonds. The molecule has 1 aromatic heterocycles. The van der Waals surface area contributed by atoms with Crippen molar-refractivity contribution >= 4 is 17.6 Å². The molecule has 2 aromatic rings. The Hall–Kier alpha value is -3.23. The van der Waals surface area contributed by atoms with Crippen molar-refractivity contribution in [1.29, 1.82) is 0 Å². The van der Waals surface area contributed by atoms with E-state index in [1.807, 2.05) is 20.9 Å². The van der Waals surface area contributed by atoms with Crippen molar-refractivity contribution < 1.29 is 28.5 Å². The molecule has 158 valence electrons. The van der Waals surface area contributed by atoms with Gasteiger partial charge in [0.15, 0.2) is 18.1 Å². The van der Waals surface area contributed by atoms with Crippen molar-refractivity contribution in [2.24, 2.45) is 7.05 Å². The van der Waals surface area contributed by atoms with E-state index in [0.717, 1.165) is 17.0 Å². The van der Waals surface area contributed by atoms with E-state index in [2.05, 4.69) is 10.4 Å². The van der Waals surface area contributed by atoms with Crippen LogP contribution in [-0.2, 0) is 27.8 Å². The lowest BCUT2D eigenvalue weighted by Crippen LogP contribution is -2.21. The molecule has 0 bridgehead atoms. The zero-order chi connectivity index (χ0) is 21.6. The zero-order valence-electron chi connectivity index (χ0n) is 17.6. The number of ether oxygens (including phenoxy) is 4. The van der Waals surface area contributed by atoms with Crippen LogP contribution in [0.1, 0.15) is 23.4 Å². The lowest BCUT2D eigenvalue weighted by atomic mass is 10.1. The van der Waals surface area contributed by atoms with E-state index in [-0.39, 0.29) is 13.0 Å². The largest absolute Gasteiger partial charge is 0.493 e. The van der Waals surface area contributed by atoms with E-state index in [4.69, 9.17) is 18.9 Å². The molecule has 0 atom stereocenters. The predicted molar refractivity (Wildman–Crippen MR) is 107 cm³/mol. The summed E-state index contributed by atoms with van der Waals surface area (Å²) in [6.45, 7) is 3.46. The lowest BCUT2D eigenvalue weighted by molar-refractivity contribution is -0.147. The van der Waals surface area contributed by atoms with Gasteiger partial charge in [-0.1, -0.05) is 0 Å². The number of methoxy groups -OCH3 is 3. The van der Waals surface area contributed by atoms with Crippen molar-refractivity contribution in [3.8, 4) is 17.2 Å². The van der Waals surface area contributed by atoms with Crippen LogP contribution in [0.4, 0.5) is 5.69 Å². The highest BCUT2D eigenvalue weighted by atomic mass is 16.5. The monoisotopic (exact) mass is 405 g/mol. The average Bonchev–Trinajstić information content (AvgIpc) is 2.95. The third-order valence-electron chi connectivity index (χ3n) is 4.55. The number of esters is 1. The normalized spacial score (nSPS) is 10.4. The van der Waals surface area contributed by atoms with Crippen LogP contribution in [0.25, 0.3) is 0 Å². The van der Waals surface area contributed by atoms with E-state index < -0.39 is 11.9 Å². The SMILES string of the molecule is COc1cc(NC(=O)COC(=O)CCc2c(C)nn(C)c2C)cc(OC)c1OC. The van der Waals surface area contributed by atoms with Crippen LogP contribution in [-0.4, -0.2) is 49.6 Å². The first kappa shape index (κ1) is 22.1. The summed E-state index contributed by atoms with van der Waals surface area (Å²) in [5.41, 5.74) is 3.35. The molecule has 0 spiro atoms. The van der Waals surface area contributed by atoms with Crippen molar-refractivity contribution in [2.75, 3.05) is 33.3 Å². The molecule has 0 fully saturated rings. The number of carbonyl (C=O) groups excluding carboxylic acids is 2. The number of aromatic nitrogens is 2. The highest BCUT2D eigenvalue weighted by Gasteiger charge is 2.16. The van der Waals surface area contributed by atoms with Gasteiger partial charge in [0, 0.05) is 37.0 Å². The molecule has 1 N–H and O–H groups in total. The van der Waals surface area contributed by atoms with Gasteiger partial charge in [0.25, 0.3) is 5.91 Å². The summed E-state index contributed by atoms with van der Waals surface area (Å²) in [6, 6.07) is 3.18. The van der Waals surface area contributed by atoms with Gasteiger partial charge in [0.05, 0.1) is 27.0 Å². The van der Waals surface area contributed by atoms with Gasteiger partial charge >= 0.3 is 5.97 Å². The summed E-state index contributed by atoms with van der Waals surface area (Å²) >= 11 is 0. The van der Waals surface area contributed by atoms with Gasteiger partial charge in [-0.2, -0.15) is 5.10 Å². The molecule has 9 heteroatoms. The Morgan fingerprint density at radius 2 is 1.69 bits per heavy atom. The van der Waals surface area contributed by atoms with E-state index in [0.29, 0.717) is 29.4 Å². The van der Waals surface area contributed by atoms with Crippen molar-refractivity contribution in [2.45, 2.75) is 26.7 Å². The van der Waals surface area contributed by atoms with Gasteiger partial charge in [0.2, 0.25) is 5.75 Å². The standard InChI is InChI=1S/C20H27N3O6/c1-12-15(13(2)23(3)22-12)7-8-19(25)29-11-18(24)21-14-9-16(26-4)20(28-6)17(10-14)27-5/h9-10H,7-8,11H2,1-6H3,(H,21,24). The number of hydrogen-bond acceptors (Lipinski definition) is 7. The van der Waals surface area contributed by atoms with Gasteiger partial charge in [-0.05, 0) is 25.8 Å². The maximum atomic E-state index is 12.1. The minimum atomic E-state index is -0.471. The number of rotatable bonds is 9. The van der Waals surface area contributed by atoms with E-state index in [9.17, 15) is 9.59 Å². The molecular weight excluding hydrogens is 378 g/mol. The summed E-state index contributed by atoms with van der Waals surface area (Å²) < 4.78 is 22.6. The molecule has 2 rings (SSSR count). The minimum absolute atomic E-state index is 0.171. The van der Waals surface area contributed by atoms with Crippen LogP contribution < -0.4 is 19.5 Å². The predicted octanol–water partition coefficient (Wildman–Crippen LogP) is 2.18. The number of hydrogen-bond donors (Lipinski definition) is 1. The second kappa shape index (κ2) is 9.81. The first-order chi connectivity index (χ1) is 13.8. The molecule has 0 radical (unpaired) electrons. The van der Waals surface area contributed by atoms with Gasteiger partial charge in [-0.3, -0.25) is 14.3 Å². The van der Waals surface area contributed by atoms with Crippen molar-refractivity contribution in [3.63, 3.8) is 0 Å². The minimum Gasteiger partial charge on any atom is -0.493 e. The number of carbonyl (C=O) groups is 2. The number of benzene rings is 1. The summed E-state index contributed by atoms with van der Waals surface area (Å²) in [6.07, 6.45) is 0.684. The molecule has 0 saturated carbocycles. The van der Waals surface area contributed by atoms with Gasteiger partial charge in [0.1, 0.15) is 0 Å². The highest BCUT2D eigenvalue weighted by molar-refractivity contribution is 5.93. The maximum absolute atomic E-state index is 12.1. The molecule has 0 unspecified atom stereocenters. The number of nitrogens with one attached hydrogen (secondary N) is 1. The topological polar surface area (TPSA) is 101 Å². The average molecular weight is 405 g/mol. The molecule has 0 aliphatic heterocycles. The number of amides is 1. The Bertz CT molecular complexity index is 866. The third kappa shape index (κ3) is 5.40. The molecule has 0 aliphatic rings. The van der Waals surface area contributed by atoms with E-state index >= 15 is 0 Å². The second-order valence-electron chi connectivity index (χ2n) is 6.40. The fraction of sp³-hybridized carbons (Fsp3) is 0.450. The summed E-state index contributed by atoms with van der Waals surface area (Å²) in [7, 11) is 6.32. The molecular formula is C20H27N3O6. The highest BCUT2D eigenvalue weighted by Crippen LogP contribution is 2.39. The molecule has 9 nitrogen and oxygen atoms in total. The summed E-state index contributed by atoms with van der Waals surface area (Å²) in [5, 5.41) is 6.97. The van der Waals surface area contributed by atoms with E-state index in [1.165, 1.54) is 21.3 Å². The zero-order valence-corrected chi connectivity index (χ0v) is 17.6. The van der Waals surface area contributed by atoms with Gasteiger partial charge in [-0.15, -0.1) is 0 Å². The van der Waals surface area contributed by atoms with Crippen LogP contribution in [0.15, 0.2) is 12.1 Å². The summed E-state index contributed by atoms with van der Waals surface area (Å²) in [4.78, 5) is 24.1. The van der Waals surface area contributed by atoms with Crippen LogP contribution >= 0.6 is 0 Å². The fourth-order valence-corrected chi connectivity index (χ4v) is 2.97. The molecule has 0 saturated heterocycles. The third-order valence-corrected chi connectivity index (χ3v) is 4.55.